The van der Waals surface area contributed by atoms with Crippen molar-refractivity contribution in [1.82, 2.24) is 9.78 Å². The van der Waals surface area contributed by atoms with Crippen LogP contribution < -0.4 is 0 Å². The molecule has 1 N–H and O–H groups in total. The fourth-order valence-electron chi connectivity index (χ4n) is 1.91. The van der Waals surface area contributed by atoms with Crippen LogP contribution in [0.5, 0.6) is 0 Å². The molecule has 100 valence electrons. The summed E-state index contributed by atoms with van der Waals surface area (Å²) in [4.78, 5) is 10.9. The molecule has 4 nitrogen and oxygen atoms in total. The van der Waals surface area contributed by atoms with Gasteiger partial charge >= 0.3 is 5.97 Å². The van der Waals surface area contributed by atoms with Crippen LogP contribution in [-0.2, 0) is 11.2 Å². The minimum Gasteiger partial charge on any atom is -0.481 e. The minimum atomic E-state index is -0.858. The first-order valence-corrected chi connectivity index (χ1v) is 6.73. The summed E-state index contributed by atoms with van der Waals surface area (Å²) in [7, 11) is 0. The fraction of sp³-hybridized carbons (Fsp3) is 0.286. The van der Waals surface area contributed by atoms with Crippen molar-refractivity contribution in [1.29, 1.82) is 0 Å². The van der Waals surface area contributed by atoms with Crippen molar-refractivity contribution in [3.05, 3.63) is 45.2 Å². The molecule has 0 atom stereocenters. The van der Waals surface area contributed by atoms with Crippen molar-refractivity contribution in [3.63, 3.8) is 0 Å². The Morgan fingerprint density at radius 1 is 1.32 bits per heavy atom. The third-order valence-electron chi connectivity index (χ3n) is 3.18. The van der Waals surface area contributed by atoms with Crippen molar-refractivity contribution in [2.75, 3.05) is 0 Å². The molecule has 19 heavy (non-hydrogen) atoms. The van der Waals surface area contributed by atoms with Gasteiger partial charge in [-0.1, -0.05) is 6.07 Å². The molecular formula is C14H15BrN2O2. The summed E-state index contributed by atoms with van der Waals surface area (Å²) in [5.74, 6) is -0.858. The Kier molecular flexibility index (Phi) is 3.75. The number of hydrogen-bond acceptors (Lipinski definition) is 2. The van der Waals surface area contributed by atoms with Gasteiger partial charge in [-0.15, -0.1) is 0 Å². The van der Waals surface area contributed by atoms with Crippen LogP contribution in [0.4, 0.5) is 0 Å². The van der Waals surface area contributed by atoms with Crippen LogP contribution in [0, 0.1) is 20.8 Å². The normalized spacial score (nSPS) is 10.7. The molecule has 0 amide bonds. The maximum absolute atomic E-state index is 10.9. The quantitative estimate of drug-likeness (QED) is 0.944. The van der Waals surface area contributed by atoms with Crippen molar-refractivity contribution in [2.45, 2.75) is 27.2 Å². The van der Waals surface area contributed by atoms with Gasteiger partial charge in [-0.2, -0.15) is 5.10 Å². The predicted octanol–water partition coefficient (Wildman–Crippen LogP) is 3.19. The maximum Gasteiger partial charge on any atom is 0.307 e. The number of halogens is 1. The molecule has 1 heterocycles. The van der Waals surface area contributed by atoms with Crippen molar-refractivity contribution < 1.29 is 9.90 Å². The highest BCUT2D eigenvalue weighted by Crippen LogP contribution is 2.25. The van der Waals surface area contributed by atoms with Crippen LogP contribution in [0.15, 0.2) is 22.8 Å². The lowest BCUT2D eigenvalue weighted by Crippen LogP contribution is -2.02. The van der Waals surface area contributed by atoms with Crippen LogP contribution in [0.3, 0.4) is 0 Å². The van der Waals surface area contributed by atoms with Gasteiger partial charge in [-0.25, -0.2) is 4.68 Å². The molecule has 0 unspecified atom stereocenters. The van der Waals surface area contributed by atoms with Gasteiger partial charge in [-0.05, 0) is 60.0 Å². The zero-order chi connectivity index (χ0) is 14.2. The van der Waals surface area contributed by atoms with Crippen LogP contribution in [0.2, 0.25) is 0 Å². The van der Waals surface area contributed by atoms with Gasteiger partial charge in [0.05, 0.1) is 17.8 Å². The summed E-state index contributed by atoms with van der Waals surface area (Å²) in [6.07, 6.45) is -0.0305. The average molecular weight is 323 g/mol. The second-order valence-corrected chi connectivity index (χ2v) is 5.36. The first-order valence-electron chi connectivity index (χ1n) is 5.93. The lowest BCUT2D eigenvalue weighted by molar-refractivity contribution is -0.136. The third-order valence-corrected chi connectivity index (χ3v) is 4.00. The highest BCUT2D eigenvalue weighted by Gasteiger charge is 2.16. The van der Waals surface area contributed by atoms with Crippen molar-refractivity contribution in [3.8, 4) is 5.69 Å². The van der Waals surface area contributed by atoms with Gasteiger partial charge in [-0.3, -0.25) is 4.79 Å². The first-order chi connectivity index (χ1) is 8.90. The predicted molar refractivity (Wildman–Crippen MR) is 76.8 cm³/mol. The lowest BCUT2D eigenvalue weighted by Gasteiger charge is -2.07. The topological polar surface area (TPSA) is 55.1 Å². The highest BCUT2D eigenvalue weighted by atomic mass is 79.9. The van der Waals surface area contributed by atoms with E-state index in [0.717, 1.165) is 11.4 Å². The summed E-state index contributed by atoms with van der Waals surface area (Å²) < 4.78 is 2.44. The van der Waals surface area contributed by atoms with Gasteiger partial charge in [0, 0.05) is 5.56 Å². The molecule has 0 aliphatic heterocycles. The molecule has 0 aliphatic rings. The largest absolute Gasteiger partial charge is 0.481 e. The molecule has 0 saturated carbocycles. The van der Waals surface area contributed by atoms with E-state index in [1.807, 2.05) is 32.0 Å². The van der Waals surface area contributed by atoms with Crippen LogP contribution in [0.25, 0.3) is 5.69 Å². The molecule has 1 aromatic heterocycles. The Morgan fingerprint density at radius 2 is 2.00 bits per heavy atom. The van der Waals surface area contributed by atoms with Crippen LogP contribution >= 0.6 is 15.9 Å². The van der Waals surface area contributed by atoms with E-state index in [0.29, 0.717) is 10.2 Å². The zero-order valence-electron chi connectivity index (χ0n) is 11.1. The highest BCUT2D eigenvalue weighted by molar-refractivity contribution is 9.10. The molecule has 2 aromatic rings. The average Bonchev–Trinajstić information content (AvgIpc) is 2.60. The standard InChI is InChI=1S/C14H15BrN2O2/c1-8-4-5-11(6-9(8)2)17-14(15)12(7-13(18)19)10(3)16-17/h4-6H,7H2,1-3H3,(H,18,19). The van der Waals surface area contributed by atoms with Gasteiger partial charge in [0.1, 0.15) is 4.60 Å². The SMILES string of the molecule is Cc1ccc(-n2nc(C)c(CC(=O)O)c2Br)cc1C. The molecule has 1 aromatic carbocycles. The zero-order valence-corrected chi connectivity index (χ0v) is 12.7. The van der Waals surface area contributed by atoms with E-state index >= 15 is 0 Å². The second kappa shape index (κ2) is 5.17. The molecule has 0 radical (unpaired) electrons. The van der Waals surface area contributed by atoms with Crippen molar-refractivity contribution >= 4 is 21.9 Å². The number of aryl methyl sites for hydroxylation is 3. The molecule has 0 bridgehead atoms. The summed E-state index contributed by atoms with van der Waals surface area (Å²) in [5.41, 5.74) is 4.76. The number of carboxylic acids is 1. The summed E-state index contributed by atoms with van der Waals surface area (Å²) >= 11 is 3.45. The Hall–Kier alpha value is -1.62. The van der Waals surface area contributed by atoms with Gasteiger partial charge in [0.15, 0.2) is 0 Å². The number of carboxylic acid groups (broad SMARTS) is 1. The molecule has 0 saturated heterocycles. The molecule has 0 fully saturated rings. The first kappa shape index (κ1) is 13.8. The molecule has 5 heteroatoms. The summed E-state index contributed by atoms with van der Waals surface area (Å²) in [6.45, 7) is 5.92. The smallest absolute Gasteiger partial charge is 0.307 e. The van der Waals surface area contributed by atoms with E-state index in [2.05, 4.69) is 28.0 Å². The Morgan fingerprint density at radius 3 is 2.58 bits per heavy atom. The third kappa shape index (κ3) is 2.71. The fourth-order valence-corrected chi connectivity index (χ4v) is 2.62. The van der Waals surface area contributed by atoms with E-state index in [1.165, 1.54) is 11.1 Å². The number of hydrogen-bond donors (Lipinski definition) is 1. The lowest BCUT2D eigenvalue weighted by atomic mass is 10.1. The van der Waals surface area contributed by atoms with E-state index < -0.39 is 5.97 Å². The van der Waals surface area contributed by atoms with Gasteiger partial charge in [0.25, 0.3) is 0 Å². The van der Waals surface area contributed by atoms with Crippen LogP contribution in [0.1, 0.15) is 22.4 Å². The number of nitrogens with zero attached hydrogens (tertiary/aromatic N) is 2. The molecule has 0 spiro atoms. The number of aliphatic carboxylic acids is 1. The maximum atomic E-state index is 10.9. The van der Waals surface area contributed by atoms with E-state index in [4.69, 9.17) is 5.11 Å². The van der Waals surface area contributed by atoms with Crippen molar-refractivity contribution in [2.24, 2.45) is 0 Å². The summed E-state index contributed by atoms with van der Waals surface area (Å²) in [5, 5.41) is 13.3. The number of aromatic nitrogens is 2. The van der Waals surface area contributed by atoms with Gasteiger partial charge < -0.3 is 5.11 Å². The van der Waals surface area contributed by atoms with E-state index in [9.17, 15) is 4.79 Å². The minimum absolute atomic E-state index is 0.0305. The monoisotopic (exact) mass is 322 g/mol. The van der Waals surface area contributed by atoms with E-state index in [-0.39, 0.29) is 6.42 Å². The Labute approximate surface area is 120 Å². The number of carbonyl (C=O) groups is 1. The summed E-state index contributed by atoms with van der Waals surface area (Å²) in [6, 6.07) is 6.05. The Balaban J connectivity index is 2.51. The molecular weight excluding hydrogens is 308 g/mol. The Bertz CT molecular complexity index is 647. The second-order valence-electron chi connectivity index (χ2n) is 4.61. The number of benzene rings is 1. The molecule has 2 rings (SSSR count). The number of rotatable bonds is 3. The molecule has 0 aliphatic carbocycles. The van der Waals surface area contributed by atoms with E-state index in [1.54, 1.807) is 4.68 Å². The van der Waals surface area contributed by atoms with Crippen LogP contribution in [-0.4, -0.2) is 20.9 Å². The van der Waals surface area contributed by atoms with Gasteiger partial charge in [0.2, 0.25) is 0 Å².